The molecule has 0 aromatic rings. The van der Waals surface area contributed by atoms with E-state index in [4.69, 9.17) is 0 Å². The quantitative estimate of drug-likeness (QED) is 0.452. The van der Waals surface area contributed by atoms with E-state index in [0.717, 1.165) is 0 Å². The largest absolute Gasteiger partial charge is 2.00 e. The molecular formula is C16H14Ti. The Hall–Kier alpha value is -1.37. The first kappa shape index (κ1) is 15.6. The van der Waals surface area contributed by atoms with Crippen molar-refractivity contribution >= 4 is 0 Å². The van der Waals surface area contributed by atoms with E-state index < -0.39 is 0 Å². The minimum Gasteiger partial charge on any atom is -0.184 e. The van der Waals surface area contributed by atoms with E-state index in [2.05, 4.69) is 12.2 Å². The van der Waals surface area contributed by atoms with Gasteiger partial charge in [-0.15, -0.1) is 24.3 Å². The van der Waals surface area contributed by atoms with Crippen molar-refractivity contribution in [2.24, 2.45) is 0 Å². The fourth-order valence-corrected chi connectivity index (χ4v) is 0.940. The summed E-state index contributed by atoms with van der Waals surface area (Å²) >= 11 is 0. The van der Waals surface area contributed by atoms with Gasteiger partial charge in [-0.05, 0) is 0 Å². The Bertz CT molecular complexity index is 247. The van der Waals surface area contributed by atoms with Crippen LogP contribution in [0.25, 0.3) is 0 Å². The SMILES string of the molecule is [C-]1=CC=CC=CC=C1.[C-]1=CC=CC=CC=C1.[Ti+2]. The van der Waals surface area contributed by atoms with Crippen LogP contribution in [0.1, 0.15) is 0 Å². The molecule has 0 atom stereocenters. The second-order valence-corrected chi connectivity index (χ2v) is 2.92. The first-order chi connectivity index (χ1) is 8.00. The van der Waals surface area contributed by atoms with E-state index in [1.165, 1.54) is 0 Å². The van der Waals surface area contributed by atoms with Crippen LogP contribution in [0.5, 0.6) is 0 Å². The van der Waals surface area contributed by atoms with E-state index in [0.29, 0.717) is 0 Å². The molecule has 0 N–H and O–H groups in total. The normalized spacial score (nSPS) is 15.1. The van der Waals surface area contributed by atoms with Crippen molar-refractivity contribution in [2.75, 3.05) is 0 Å². The van der Waals surface area contributed by atoms with Gasteiger partial charge in [0.1, 0.15) is 0 Å². The number of allylic oxidation sites excluding steroid dienone is 16. The maximum atomic E-state index is 2.94. The molecule has 2 aliphatic rings. The van der Waals surface area contributed by atoms with Crippen LogP contribution in [0.2, 0.25) is 0 Å². The molecule has 2 rings (SSSR count). The zero-order valence-corrected chi connectivity index (χ0v) is 11.1. The molecule has 17 heavy (non-hydrogen) atoms. The van der Waals surface area contributed by atoms with Crippen LogP contribution < -0.4 is 0 Å². The Kier molecular flexibility index (Phi) is 11.7. The van der Waals surface area contributed by atoms with Gasteiger partial charge in [-0.2, -0.15) is 60.8 Å². The fourth-order valence-electron chi connectivity index (χ4n) is 0.940. The number of hydrogen-bond acceptors (Lipinski definition) is 0. The molecule has 0 aliphatic heterocycles. The van der Waals surface area contributed by atoms with Gasteiger partial charge in [-0.1, -0.05) is 12.2 Å². The van der Waals surface area contributed by atoms with Gasteiger partial charge in [-0.3, -0.25) is 0 Å². The van der Waals surface area contributed by atoms with Crippen molar-refractivity contribution in [3.8, 4) is 0 Å². The first-order valence-electron chi connectivity index (χ1n) is 5.15. The molecule has 82 valence electrons. The maximum absolute atomic E-state index is 2.94. The summed E-state index contributed by atoms with van der Waals surface area (Å²) in [5.74, 6) is 0. The van der Waals surface area contributed by atoms with Crippen molar-refractivity contribution in [2.45, 2.75) is 0 Å². The van der Waals surface area contributed by atoms with Crippen molar-refractivity contribution in [3.63, 3.8) is 0 Å². The average Bonchev–Trinajstić information content (AvgIpc) is 2.15. The van der Waals surface area contributed by atoms with Gasteiger partial charge in [0.25, 0.3) is 0 Å². The zero-order valence-electron chi connectivity index (χ0n) is 9.58. The smallest absolute Gasteiger partial charge is 0.184 e. The molecule has 0 heterocycles. The molecule has 0 aromatic carbocycles. The molecule has 0 saturated heterocycles. The maximum Gasteiger partial charge on any atom is 2.00 e. The third kappa shape index (κ3) is 10.9. The van der Waals surface area contributed by atoms with Crippen LogP contribution in [-0.2, 0) is 21.7 Å². The molecule has 0 saturated carbocycles. The molecule has 0 aromatic heterocycles. The average molecular weight is 254 g/mol. The summed E-state index contributed by atoms with van der Waals surface area (Å²) in [7, 11) is 0. The van der Waals surface area contributed by atoms with Crippen LogP contribution in [0.4, 0.5) is 0 Å². The minimum absolute atomic E-state index is 0. The van der Waals surface area contributed by atoms with Gasteiger partial charge in [0.05, 0.1) is 0 Å². The van der Waals surface area contributed by atoms with Crippen molar-refractivity contribution < 1.29 is 21.7 Å². The Balaban J connectivity index is 0.000000284. The van der Waals surface area contributed by atoms with Crippen LogP contribution in [-0.4, -0.2) is 0 Å². The molecule has 0 unspecified atom stereocenters. The van der Waals surface area contributed by atoms with Crippen molar-refractivity contribution in [3.05, 3.63) is 97.2 Å². The predicted octanol–water partition coefficient (Wildman–Crippen LogP) is 4.05. The monoisotopic (exact) mass is 254 g/mol. The Morgan fingerprint density at radius 3 is 1.24 bits per heavy atom. The predicted molar refractivity (Wildman–Crippen MR) is 70.5 cm³/mol. The summed E-state index contributed by atoms with van der Waals surface area (Å²) in [5.41, 5.74) is 0. The van der Waals surface area contributed by atoms with Gasteiger partial charge in [0.2, 0.25) is 0 Å². The molecule has 2 aliphatic carbocycles. The summed E-state index contributed by atoms with van der Waals surface area (Å²) in [6.07, 6.45) is 33.0. The first-order valence-corrected chi connectivity index (χ1v) is 5.15. The van der Waals surface area contributed by atoms with Crippen molar-refractivity contribution in [1.82, 2.24) is 0 Å². The van der Waals surface area contributed by atoms with Gasteiger partial charge in [-0.25, -0.2) is 0 Å². The summed E-state index contributed by atoms with van der Waals surface area (Å²) in [6.45, 7) is 0. The van der Waals surface area contributed by atoms with Crippen LogP contribution in [0.3, 0.4) is 0 Å². The number of hydrogen-bond donors (Lipinski definition) is 0. The molecule has 0 nitrogen and oxygen atoms in total. The summed E-state index contributed by atoms with van der Waals surface area (Å²) < 4.78 is 0. The molecule has 0 bridgehead atoms. The molecule has 0 radical (unpaired) electrons. The van der Waals surface area contributed by atoms with Crippen molar-refractivity contribution in [1.29, 1.82) is 0 Å². The van der Waals surface area contributed by atoms with Gasteiger partial charge >= 0.3 is 21.7 Å². The summed E-state index contributed by atoms with van der Waals surface area (Å²) in [6, 6.07) is 0. The fraction of sp³-hybridized carbons (Fsp3) is 0. The number of rotatable bonds is 0. The van der Waals surface area contributed by atoms with Crippen LogP contribution >= 0.6 is 0 Å². The topological polar surface area (TPSA) is 0 Å². The van der Waals surface area contributed by atoms with E-state index >= 15 is 0 Å². The third-order valence-corrected chi connectivity index (χ3v) is 1.66. The van der Waals surface area contributed by atoms with E-state index in [-0.39, 0.29) is 21.7 Å². The Morgan fingerprint density at radius 1 is 0.412 bits per heavy atom. The molecule has 0 fully saturated rings. The van der Waals surface area contributed by atoms with Gasteiger partial charge in [0, 0.05) is 0 Å². The molecule has 0 amide bonds. The van der Waals surface area contributed by atoms with E-state index in [1.807, 2.05) is 85.1 Å². The Labute approximate surface area is 119 Å². The second-order valence-electron chi connectivity index (χ2n) is 2.92. The van der Waals surface area contributed by atoms with Crippen LogP contribution in [0.15, 0.2) is 85.1 Å². The van der Waals surface area contributed by atoms with Gasteiger partial charge < -0.3 is 0 Å². The van der Waals surface area contributed by atoms with Gasteiger partial charge in [0.15, 0.2) is 0 Å². The second kappa shape index (κ2) is 12.7. The minimum atomic E-state index is 0. The Morgan fingerprint density at radius 2 is 0.765 bits per heavy atom. The molecular weight excluding hydrogens is 240 g/mol. The standard InChI is InChI=1S/2C8H7.Ti/c2*1-2-4-6-8-7-5-3-1;/h2*1-7H;/q2*-1;+2. The zero-order chi connectivity index (χ0) is 11.3. The molecule has 1 heteroatoms. The van der Waals surface area contributed by atoms with Crippen LogP contribution in [0, 0.1) is 12.2 Å². The summed E-state index contributed by atoms with van der Waals surface area (Å²) in [5, 5.41) is 0. The molecule has 0 spiro atoms. The summed E-state index contributed by atoms with van der Waals surface area (Å²) in [4.78, 5) is 0. The third-order valence-electron chi connectivity index (χ3n) is 1.66. The van der Waals surface area contributed by atoms with E-state index in [9.17, 15) is 0 Å². The van der Waals surface area contributed by atoms with E-state index in [1.54, 1.807) is 0 Å².